The summed E-state index contributed by atoms with van der Waals surface area (Å²) in [4.78, 5) is 13.6. The van der Waals surface area contributed by atoms with Crippen LogP contribution in [0.2, 0.25) is 0 Å². The smallest absolute Gasteiger partial charge is 0.172 e. The zero-order valence-corrected chi connectivity index (χ0v) is 8.69. The molecule has 0 N–H and O–H groups in total. The van der Waals surface area contributed by atoms with E-state index in [1.165, 1.54) is 4.88 Å². The second-order valence-corrected chi connectivity index (χ2v) is 4.30. The minimum Gasteiger partial charge on any atom is -0.293 e. The van der Waals surface area contributed by atoms with Crippen molar-refractivity contribution in [2.24, 2.45) is 0 Å². The van der Waals surface area contributed by atoms with Gasteiger partial charge in [0.05, 0.1) is 4.88 Å². The third-order valence-corrected chi connectivity index (χ3v) is 2.87. The molecule has 0 amide bonds. The number of rotatable bonds is 5. The molecule has 0 aromatic carbocycles. The first kappa shape index (κ1) is 10.2. The number of hydrogen-bond acceptors (Lipinski definition) is 2. The predicted octanol–water partition coefficient (Wildman–Crippen LogP) is 3.60. The van der Waals surface area contributed by atoms with Gasteiger partial charge < -0.3 is 0 Å². The van der Waals surface area contributed by atoms with E-state index >= 15 is 0 Å². The molecule has 0 bridgehead atoms. The van der Waals surface area contributed by atoms with E-state index in [-0.39, 0.29) is 5.78 Å². The number of hydrogen-bond donors (Lipinski definition) is 0. The van der Waals surface area contributed by atoms with Gasteiger partial charge in [-0.1, -0.05) is 6.08 Å². The lowest BCUT2D eigenvalue weighted by atomic mass is 10.1. The fraction of sp³-hybridized carbons (Fsp3) is 0.364. The second-order valence-electron chi connectivity index (χ2n) is 3.01. The molecular formula is C11H14OS. The molecule has 0 unspecified atom stereocenters. The molecule has 1 heterocycles. The lowest BCUT2D eigenvalue weighted by molar-refractivity contribution is 0.0984. The van der Waals surface area contributed by atoms with Crippen molar-refractivity contribution in [2.75, 3.05) is 0 Å². The Morgan fingerprint density at radius 3 is 2.92 bits per heavy atom. The summed E-state index contributed by atoms with van der Waals surface area (Å²) in [7, 11) is 0. The van der Waals surface area contributed by atoms with Crippen LogP contribution in [0.3, 0.4) is 0 Å². The van der Waals surface area contributed by atoms with Gasteiger partial charge in [0.1, 0.15) is 0 Å². The Bertz CT molecular complexity index is 299. The molecule has 0 saturated carbocycles. The van der Waals surface area contributed by atoms with Crippen molar-refractivity contribution in [1.29, 1.82) is 0 Å². The van der Waals surface area contributed by atoms with Gasteiger partial charge in [0, 0.05) is 11.3 Å². The Morgan fingerprint density at radius 1 is 1.62 bits per heavy atom. The quantitative estimate of drug-likeness (QED) is 0.397. The highest BCUT2D eigenvalue weighted by Crippen LogP contribution is 2.17. The highest BCUT2D eigenvalue weighted by Gasteiger charge is 2.06. The number of carbonyl (C=O) groups excluding carboxylic acids is 1. The van der Waals surface area contributed by atoms with Crippen LogP contribution in [0.4, 0.5) is 0 Å². The monoisotopic (exact) mass is 194 g/mol. The zero-order valence-electron chi connectivity index (χ0n) is 7.88. The summed E-state index contributed by atoms with van der Waals surface area (Å²) >= 11 is 1.58. The van der Waals surface area contributed by atoms with Crippen LogP contribution in [0.1, 0.15) is 33.8 Å². The molecular weight excluding hydrogens is 180 g/mol. The van der Waals surface area contributed by atoms with Crippen LogP contribution in [0, 0.1) is 6.92 Å². The number of carbonyl (C=O) groups is 1. The topological polar surface area (TPSA) is 17.1 Å². The van der Waals surface area contributed by atoms with Crippen LogP contribution in [0.25, 0.3) is 0 Å². The van der Waals surface area contributed by atoms with Crippen LogP contribution in [0.15, 0.2) is 24.8 Å². The average Bonchev–Trinajstić information content (AvgIpc) is 2.52. The van der Waals surface area contributed by atoms with E-state index in [4.69, 9.17) is 0 Å². The lowest BCUT2D eigenvalue weighted by Gasteiger charge is -1.94. The molecule has 0 fully saturated rings. The standard InChI is InChI=1S/C11H14OS/c1-3-4-5-6-10(12)11-8-7-9(2)13-11/h3,7-8H,1,4-6H2,2H3. The van der Waals surface area contributed by atoms with Crippen molar-refractivity contribution in [1.82, 2.24) is 0 Å². The molecule has 70 valence electrons. The predicted molar refractivity (Wildman–Crippen MR) is 57.4 cm³/mol. The number of aryl methyl sites for hydroxylation is 1. The summed E-state index contributed by atoms with van der Waals surface area (Å²) in [6, 6.07) is 3.90. The van der Waals surface area contributed by atoms with Crippen molar-refractivity contribution in [2.45, 2.75) is 26.2 Å². The van der Waals surface area contributed by atoms with Crippen molar-refractivity contribution < 1.29 is 4.79 Å². The summed E-state index contributed by atoms with van der Waals surface area (Å²) in [5.74, 6) is 0.264. The number of allylic oxidation sites excluding steroid dienone is 1. The van der Waals surface area contributed by atoms with Gasteiger partial charge in [0.15, 0.2) is 5.78 Å². The van der Waals surface area contributed by atoms with Gasteiger partial charge in [-0.3, -0.25) is 4.79 Å². The summed E-state index contributed by atoms with van der Waals surface area (Å²) in [5, 5.41) is 0. The molecule has 1 aromatic heterocycles. The minimum absolute atomic E-state index is 0.264. The van der Waals surface area contributed by atoms with Crippen LogP contribution >= 0.6 is 11.3 Å². The van der Waals surface area contributed by atoms with Crippen LogP contribution in [-0.4, -0.2) is 5.78 Å². The Labute approximate surface area is 83.1 Å². The highest BCUT2D eigenvalue weighted by atomic mass is 32.1. The largest absolute Gasteiger partial charge is 0.293 e. The van der Waals surface area contributed by atoms with E-state index < -0.39 is 0 Å². The number of thiophene rings is 1. The molecule has 2 heteroatoms. The molecule has 0 saturated heterocycles. The molecule has 0 spiro atoms. The van der Waals surface area contributed by atoms with Crippen molar-refractivity contribution >= 4 is 17.1 Å². The van der Waals surface area contributed by atoms with Crippen molar-refractivity contribution in [3.8, 4) is 0 Å². The third-order valence-electron chi connectivity index (χ3n) is 1.83. The number of Topliss-reactive ketones (excluding diaryl/α,β-unsaturated/α-hetero) is 1. The maximum atomic E-state index is 11.5. The molecule has 0 atom stereocenters. The molecule has 1 nitrogen and oxygen atoms in total. The van der Waals surface area contributed by atoms with Gasteiger partial charge in [-0.2, -0.15) is 0 Å². The number of ketones is 1. The first-order valence-electron chi connectivity index (χ1n) is 4.44. The van der Waals surface area contributed by atoms with Crippen molar-refractivity contribution in [3.05, 3.63) is 34.5 Å². The summed E-state index contributed by atoms with van der Waals surface area (Å²) in [6.45, 7) is 5.64. The third kappa shape index (κ3) is 3.15. The van der Waals surface area contributed by atoms with Gasteiger partial charge in [-0.05, 0) is 31.9 Å². The van der Waals surface area contributed by atoms with E-state index in [1.54, 1.807) is 11.3 Å². The maximum Gasteiger partial charge on any atom is 0.172 e. The molecule has 0 aliphatic rings. The lowest BCUT2D eigenvalue weighted by Crippen LogP contribution is -1.94. The molecule has 13 heavy (non-hydrogen) atoms. The molecule has 0 aliphatic carbocycles. The van der Waals surface area contributed by atoms with E-state index in [1.807, 2.05) is 25.1 Å². The Hall–Kier alpha value is -0.890. The summed E-state index contributed by atoms with van der Waals surface area (Å²) in [6.07, 6.45) is 4.34. The second kappa shape index (κ2) is 4.97. The van der Waals surface area contributed by atoms with Crippen molar-refractivity contribution in [3.63, 3.8) is 0 Å². The average molecular weight is 194 g/mol. The zero-order chi connectivity index (χ0) is 9.68. The van der Waals surface area contributed by atoms with E-state index in [0.29, 0.717) is 6.42 Å². The molecule has 0 radical (unpaired) electrons. The van der Waals surface area contributed by atoms with Crippen LogP contribution in [0.5, 0.6) is 0 Å². The Morgan fingerprint density at radius 2 is 2.38 bits per heavy atom. The first-order valence-corrected chi connectivity index (χ1v) is 5.26. The van der Waals surface area contributed by atoms with Gasteiger partial charge >= 0.3 is 0 Å². The van der Waals surface area contributed by atoms with E-state index in [9.17, 15) is 4.79 Å². The van der Waals surface area contributed by atoms with Gasteiger partial charge in [-0.15, -0.1) is 17.9 Å². The normalized spacial score (nSPS) is 9.92. The van der Waals surface area contributed by atoms with Crippen LogP contribution < -0.4 is 0 Å². The fourth-order valence-electron chi connectivity index (χ4n) is 1.11. The maximum absolute atomic E-state index is 11.5. The minimum atomic E-state index is 0.264. The Kier molecular flexibility index (Phi) is 3.90. The molecule has 0 aliphatic heterocycles. The number of unbranched alkanes of at least 4 members (excludes halogenated alkanes) is 1. The SMILES string of the molecule is C=CCCCC(=O)c1ccc(C)s1. The van der Waals surface area contributed by atoms with E-state index in [0.717, 1.165) is 17.7 Å². The summed E-state index contributed by atoms with van der Waals surface area (Å²) in [5.41, 5.74) is 0. The van der Waals surface area contributed by atoms with Gasteiger partial charge in [0.2, 0.25) is 0 Å². The van der Waals surface area contributed by atoms with Crippen LogP contribution in [-0.2, 0) is 0 Å². The van der Waals surface area contributed by atoms with Gasteiger partial charge in [-0.25, -0.2) is 0 Å². The molecule has 1 aromatic rings. The highest BCUT2D eigenvalue weighted by molar-refractivity contribution is 7.14. The summed E-state index contributed by atoms with van der Waals surface area (Å²) < 4.78 is 0. The first-order chi connectivity index (χ1) is 6.24. The fourth-order valence-corrected chi connectivity index (χ4v) is 1.95. The van der Waals surface area contributed by atoms with Gasteiger partial charge in [0.25, 0.3) is 0 Å². The molecule has 1 rings (SSSR count). The van der Waals surface area contributed by atoms with E-state index in [2.05, 4.69) is 6.58 Å². The Balaban J connectivity index is 2.44.